The fourth-order valence-corrected chi connectivity index (χ4v) is 3.51. The third-order valence-corrected chi connectivity index (χ3v) is 5.02. The minimum Gasteiger partial charge on any atom is -0.495 e. The van der Waals surface area contributed by atoms with Crippen LogP contribution in [0.25, 0.3) is 0 Å². The van der Waals surface area contributed by atoms with Gasteiger partial charge in [-0.3, -0.25) is 15.1 Å². The molecule has 1 fully saturated rings. The Balaban J connectivity index is 1.80. The first-order valence-electron chi connectivity index (χ1n) is 9.26. The van der Waals surface area contributed by atoms with Gasteiger partial charge >= 0.3 is 5.69 Å². The van der Waals surface area contributed by atoms with Gasteiger partial charge in [-0.25, -0.2) is 4.98 Å². The predicted molar refractivity (Wildman–Crippen MR) is 105 cm³/mol. The Morgan fingerprint density at radius 2 is 2.04 bits per heavy atom. The Kier molecular flexibility index (Phi) is 6.19. The molecule has 1 saturated carbocycles. The van der Waals surface area contributed by atoms with Crippen LogP contribution in [0.2, 0.25) is 0 Å². The molecule has 3 rings (SSSR count). The van der Waals surface area contributed by atoms with E-state index in [0.717, 1.165) is 25.7 Å². The van der Waals surface area contributed by atoms with E-state index in [2.05, 4.69) is 20.3 Å². The van der Waals surface area contributed by atoms with E-state index >= 15 is 0 Å². The zero-order chi connectivity index (χ0) is 20.1. The van der Waals surface area contributed by atoms with Crippen LogP contribution < -0.4 is 21.5 Å². The van der Waals surface area contributed by atoms with Crippen LogP contribution in [0.5, 0.6) is 5.75 Å². The molecule has 0 bridgehead atoms. The number of nitrogens with zero attached hydrogens (tertiary/aromatic N) is 4. The number of aromatic nitrogens is 3. The molecule has 0 amide bonds. The molecule has 150 valence electrons. The highest BCUT2D eigenvalue weighted by Crippen LogP contribution is 2.32. The molecule has 1 aliphatic rings. The van der Waals surface area contributed by atoms with Gasteiger partial charge in [-0.05, 0) is 50.2 Å². The molecular weight excluding hydrogens is 362 g/mol. The summed E-state index contributed by atoms with van der Waals surface area (Å²) in [5.41, 5.74) is 12.7. The average molecular weight is 387 g/mol. The topological polar surface area (TPSA) is 155 Å². The maximum absolute atomic E-state index is 11.5. The molecule has 0 unspecified atom stereocenters. The van der Waals surface area contributed by atoms with Gasteiger partial charge in [-0.2, -0.15) is 4.98 Å². The number of nitrogens with two attached hydrogens (primary N) is 2. The summed E-state index contributed by atoms with van der Waals surface area (Å²) in [7, 11) is 1.56. The van der Waals surface area contributed by atoms with Crippen molar-refractivity contribution in [2.24, 2.45) is 11.7 Å². The number of hydrogen-bond acceptors (Lipinski definition) is 9. The minimum absolute atomic E-state index is 0.141. The molecule has 0 atom stereocenters. The van der Waals surface area contributed by atoms with E-state index in [1.165, 1.54) is 0 Å². The van der Waals surface area contributed by atoms with Crippen molar-refractivity contribution >= 4 is 17.5 Å². The lowest BCUT2D eigenvalue weighted by Crippen LogP contribution is -2.27. The van der Waals surface area contributed by atoms with Crippen LogP contribution in [-0.4, -0.2) is 33.0 Å². The summed E-state index contributed by atoms with van der Waals surface area (Å²) >= 11 is 0. The molecule has 5 N–H and O–H groups in total. The molecule has 10 heteroatoms. The van der Waals surface area contributed by atoms with Gasteiger partial charge in [-0.1, -0.05) is 0 Å². The van der Waals surface area contributed by atoms with Gasteiger partial charge in [0.15, 0.2) is 0 Å². The van der Waals surface area contributed by atoms with Gasteiger partial charge in [0.1, 0.15) is 17.1 Å². The van der Waals surface area contributed by atoms with E-state index < -0.39 is 4.92 Å². The lowest BCUT2D eigenvalue weighted by molar-refractivity contribution is -0.385. The summed E-state index contributed by atoms with van der Waals surface area (Å²) in [5, 5.41) is 14.5. The second-order valence-electron chi connectivity index (χ2n) is 6.98. The van der Waals surface area contributed by atoms with Crippen molar-refractivity contribution in [3.8, 4) is 5.75 Å². The first kappa shape index (κ1) is 19.7. The van der Waals surface area contributed by atoms with Crippen molar-refractivity contribution in [1.82, 2.24) is 15.0 Å². The highest BCUT2D eigenvalue weighted by molar-refractivity contribution is 5.58. The summed E-state index contributed by atoms with van der Waals surface area (Å²) in [5.74, 6) is 1.02. The van der Waals surface area contributed by atoms with Gasteiger partial charge < -0.3 is 21.5 Å². The number of nitrogen functional groups attached to an aromatic ring is 1. The van der Waals surface area contributed by atoms with Gasteiger partial charge in [0.25, 0.3) is 0 Å². The van der Waals surface area contributed by atoms with Crippen LogP contribution in [-0.2, 0) is 13.0 Å². The summed E-state index contributed by atoms with van der Waals surface area (Å²) in [6.45, 7) is 0.305. The molecule has 2 aromatic heterocycles. The zero-order valence-electron chi connectivity index (χ0n) is 15.8. The molecule has 0 aliphatic heterocycles. The molecule has 2 heterocycles. The number of pyridine rings is 1. The third-order valence-electron chi connectivity index (χ3n) is 5.02. The number of ether oxygens (including phenoxy) is 1. The molecular formula is C18H25N7O3. The minimum atomic E-state index is -0.509. The number of rotatable bonds is 7. The summed E-state index contributed by atoms with van der Waals surface area (Å²) in [6, 6.07) is 3.79. The standard InChI is InChI=1S/C18H25N7O3/c1-28-15-3-2-8-21-14(15)10-22-18-23-13(16(25(26)27)17(20)24-18)9-11-4-6-12(19)7-5-11/h2-3,8,11-12H,4-7,9-10,19H2,1H3,(H3,20,22,23,24). The van der Waals surface area contributed by atoms with Crippen LogP contribution in [0.4, 0.5) is 17.5 Å². The largest absolute Gasteiger partial charge is 0.495 e. The van der Waals surface area contributed by atoms with Gasteiger partial charge in [0.2, 0.25) is 11.8 Å². The van der Waals surface area contributed by atoms with Crippen LogP contribution >= 0.6 is 0 Å². The Morgan fingerprint density at radius 1 is 1.29 bits per heavy atom. The quantitative estimate of drug-likeness (QED) is 0.478. The first-order chi connectivity index (χ1) is 13.5. The van der Waals surface area contributed by atoms with Crippen LogP contribution in [0, 0.1) is 16.0 Å². The van der Waals surface area contributed by atoms with Crippen molar-refractivity contribution < 1.29 is 9.66 Å². The maximum Gasteiger partial charge on any atom is 0.332 e. The SMILES string of the molecule is COc1cccnc1CNc1nc(N)c([N+](=O)[O-])c(CC2CCC(N)CC2)n1. The van der Waals surface area contributed by atoms with Crippen molar-refractivity contribution in [3.63, 3.8) is 0 Å². The van der Waals surface area contributed by atoms with Crippen molar-refractivity contribution in [1.29, 1.82) is 0 Å². The van der Waals surface area contributed by atoms with E-state index in [1.807, 2.05) is 0 Å². The van der Waals surface area contributed by atoms with Gasteiger partial charge in [0, 0.05) is 12.2 Å². The normalized spacial score (nSPS) is 19.2. The second-order valence-corrected chi connectivity index (χ2v) is 6.98. The van der Waals surface area contributed by atoms with E-state index in [1.54, 1.807) is 25.4 Å². The van der Waals surface area contributed by atoms with Crippen LogP contribution in [0.1, 0.15) is 37.1 Å². The molecule has 0 aromatic carbocycles. The van der Waals surface area contributed by atoms with E-state index in [4.69, 9.17) is 16.2 Å². The van der Waals surface area contributed by atoms with Crippen molar-refractivity contribution in [2.75, 3.05) is 18.2 Å². The fraction of sp³-hybridized carbons (Fsp3) is 0.500. The first-order valence-corrected chi connectivity index (χ1v) is 9.26. The van der Waals surface area contributed by atoms with Crippen molar-refractivity contribution in [2.45, 2.75) is 44.7 Å². The Labute approximate surface area is 162 Å². The Morgan fingerprint density at radius 3 is 2.71 bits per heavy atom. The third kappa shape index (κ3) is 4.63. The fourth-order valence-electron chi connectivity index (χ4n) is 3.51. The zero-order valence-corrected chi connectivity index (χ0v) is 15.8. The van der Waals surface area contributed by atoms with E-state index in [-0.39, 0.29) is 23.5 Å². The summed E-state index contributed by atoms with van der Waals surface area (Å²) in [6.07, 6.45) is 5.83. The molecule has 0 spiro atoms. The number of nitrogens with one attached hydrogen (secondary N) is 1. The number of anilines is 2. The van der Waals surface area contributed by atoms with E-state index in [9.17, 15) is 10.1 Å². The lowest BCUT2D eigenvalue weighted by atomic mass is 9.83. The Bertz CT molecular complexity index is 838. The number of hydrogen-bond donors (Lipinski definition) is 3. The number of methoxy groups -OCH3 is 1. The monoisotopic (exact) mass is 387 g/mol. The molecule has 0 saturated heterocycles. The maximum atomic E-state index is 11.5. The van der Waals surface area contributed by atoms with Crippen molar-refractivity contribution in [3.05, 3.63) is 39.8 Å². The Hall–Kier alpha value is -3.01. The molecule has 10 nitrogen and oxygen atoms in total. The number of nitro groups is 1. The van der Waals surface area contributed by atoms with Crippen LogP contribution in [0.3, 0.4) is 0 Å². The average Bonchev–Trinajstić information content (AvgIpc) is 2.67. The van der Waals surface area contributed by atoms with Gasteiger partial charge in [0.05, 0.1) is 18.6 Å². The lowest BCUT2D eigenvalue weighted by Gasteiger charge is -2.25. The highest BCUT2D eigenvalue weighted by Gasteiger charge is 2.27. The molecule has 2 aromatic rings. The van der Waals surface area contributed by atoms with E-state index in [0.29, 0.717) is 36.0 Å². The molecule has 28 heavy (non-hydrogen) atoms. The second kappa shape index (κ2) is 8.79. The van der Waals surface area contributed by atoms with Gasteiger partial charge in [-0.15, -0.1) is 0 Å². The highest BCUT2D eigenvalue weighted by atomic mass is 16.6. The summed E-state index contributed by atoms with van der Waals surface area (Å²) < 4.78 is 5.27. The molecule has 1 aliphatic carbocycles. The molecule has 0 radical (unpaired) electrons. The predicted octanol–water partition coefficient (Wildman–Crippen LogP) is 2.04. The van der Waals surface area contributed by atoms with Crippen LogP contribution in [0.15, 0.2) is 18.3 Å². The summed E-state index contributed by atoms with van der Waals surface area (Å²) in [4.78, 5) is 23.7. The smallest absolute Gasteiger partial charge is 0.332 e.